The van der Waals surface area contributed by atoms with Crippen LogP contribution in [0.3, 0.4) is 0 Å². The minimum Gasteiger partial charge on any atom is -0.496 e. The molecule has 130 valence electrons. The van der Waals surface area contributed by atoms with Crippen LogP contribution in [0.25, 0.3) is 0 Å². The van der Waals surface area contributed by atoms with E-state index in [0.29, 0.717) is 17.9 Å². The summed E-state index contributed by atoms with van der Waals surface area (Å²) >= 11 is 0. The Kier molecular flexibility index (Phi) is 5.03. The van der Waals surface area contributed by atoms with Crippen molar-refractivity contribution in [2.45, 2.75) is 19.4 Å². The molecule has 25 heavy (non-hydrogen) atoms. The minimum atomic E-state index is -0.309. The van der Waals surface area contributed by atoms with E-state index in [2.05, 4.69) is 17.4 Å². The summed E-state index contributed by atoms with van der Waals surface area (Å²) in [6.45, 7) is 2.67. The third kappa shape index (κ3) is 3.50. The van der Waals surface area contributed by atoms with Gasteiger partial charge in [-0.15, -0.1) is 0 Å². The van der Waals surface area contributed by atoms with Crippen LogP contribution in [-0.2, 0) is 11.2 Å². The zero-order chi connectivity index (χ0) is 17.8. The highest BCUT2D eigenvalue weighted by Crippen LogP contribution is 2.28. The van der Waals surface area contributed by atoms with Gasteiger partial charge in [0.1, 0.15) is 5.75 Å². The van der Waals surface area contributed by atoms with E-state index >= 15 is 0 Å². The maximum Gasteiger partial charge on any atom is 0.255 e. The van der Waals surface area contributed by atoms with Crippen molar-refractivity contribution in [3.05, 3.63) is 65.2 Å². The fraction of sp³-hybridized carbons (Fsp3) is 0.300. The number of carbonyl (C=O) groups is 2. The van der Waals surface area contributed by atoms with Gasteiger partial charge in [-0.2, -0.15) is 0 Å². The maximum atomic E-state index is 12.6. The number of amides is 2. The summed E-state index contributed by atoms with van der Waals surface area (Å²) in [4.78, 5) is 26.7. The van der Waals surface area contributed by atoms with Crippen molar-refractivity contribution in [2.75, 3.05) is 20.2 Å². The summed E-state index contributed by atoms with van der Waals surface area (Å²) in [7, 11) is 1.52. The van der Waals surface area contributed by atoms with Crippen molar-refractivity contribution in [3.63, 3.8) is 0 Å². The Morgan fingerprint density at radius 3 is 2.68 bits per heavy atom. The first-order valence-corrected chi connectivity index (χ1v) is 8.40. The van der Waals surface area contributed by atoms with Gasteiger partial charge in [-0.25, -0.2) is 0 Å². The molecule has 1 heterocycles. The molecular weight excluding hydrogens is 316 g/mol. The van der Waals surface area contributed by atoms with E-state index in [9.17, 15) is 9.59 Å². The molecule has 5 heteroatoms. The summed E-state index contributed by atoms with van der Waals surface area (Å²) in [5.74, 6) is 0.105. The molecule has 3 rings (SSSR count). The smallest absolute Gasteiger partial charge is 0.255 e. The molecule has 0 bridgehead atoms. The molecule has 0 aliphatic carbocycles. The lowest BCUT2D eigenvalue weighted by Gasteiger charge is -2.35. The number of nitrogens with zero attached hydrogens (tertiary/aromatic N) is 1. The minimum absolute atomic E-state index is 0.0145. The average molecular weight is 338 g/mol. The zero-order valence-electron chi connectivity index (χ0n) is 14.5. The highest BCUT2D eigenvalue weighted by molar-refractivity contribution is 5.98. The van der Waals surface area contributed by atoms with Gasteiger partial charge in [-0.3, -0.25) is 9.59 Å². The molecule has 0 aromatic heterocycles. The van der Waals surface area contributed by atoms with Crippen LogP contribution in [0.15, 0.2) is 48.5 Å². The van der Waals surface area contributed by atoms with Gasteiger partial charge in [0.2, 0.25) is 5.91 Å². The predicted molar refractivity (Wildman–Crippen MR) is 95.6 cm³/mol. The first-order valence-electron chi connectivity index (χ1n) is 8.40. The Morgan fingerprint density at radius 1 is 1.16 bits per heavy atom. The van der Waals surface area contributed by atoms with Crippen molar-refractivity contribution < 1.29 is 14.3 Å². The molecule has 2 aromatic carbocycles. The van der Waals surface area contributed by atoms with Crippen molar-refractivity contribution in [2.24, 2.45) is 0 Å². The Morgan fingerprint density at radius 2 is 1.88 bits per heavy atom. The normalized spacial score (nSPS) is 16.1. The van der Waals surface area contributed by atoms with Gasteiger partial charge in [-0.1, -0.05) is 36.4 Å². The summed E-state index contributed by atoms with van der Waals surface area (Å²) in [5, 5.41) is 2.71. The van der Waals surface area contributed by atoms with Crippen LogP contribution in [0.1, 0.15) is 34.5 Å². The van der Waals surface area contributed by atoms with Gasteiger partial charge in [0.25, 0.3) is 5.91 Å². The molecule has 1 N–H and O–H groups in total. The maximum absolute atomic E-state index is 12.6. The van der Waals surface area contributed by atoms with Crippen LogP contribution >= 0.6 is 0 Å². The Hall–Kier alpha value is -2.82. The van der Waals surface area contributed by atoms with E-state index in [4.69, 9.17) is 4.74 Å². The highest BCUT2D eigenvalue weighted by atomic mass is 16.5. The average Bonchev–Trinajstić information content (AvgIpc) is 2.66. The van der Waals surface area contributed by atoms with Crippen molar-refractivity contribution in [1.82, 2.24) is 10.2 Å². The molecule has 1 unspecified atom stereocenters. The number of rotatable bonds is 4. The first-order chi connectivity index (χ1) is 12.1. The molecule has 0 fully saturated rings. The number of hydrogen-bond acceptors (Lipinski definition) is 3. The van der Waals surface area contributed by atoms with E-state index in [-0.39, 0.29) is 24.4 Å². The van der Waals surface area contributed by atoms with Gasteiger partial charge in [0, 0.05) is 6.54 Å². The third-order valence-electron chi connectivity index (χ3n) is 4.67. The van der Waals surface area contributed by atoms with Crippen LogP contribution in [0.4, 0.5) is 0 Å². The number of carbonyl (C=O) groups excluding carboxylic acids is 2. The van der Waals surface area contributed by atoms with Gasteiger partial charge >= 0.3 is 0 Å². The number of ether oxygens (including phenoxy) is 1. The van der Waals surface area contributed by atoms with Gasteiger partial charge in [0.15, 0.2) is 0 Å². The number of benzene rings is 2. The molecule has 0 radical (unpaired) electrons. The van der Waals surface area contributed by atoms with Crippen LogP contribution in [0.2, 0.25) is 0 Å². The molecule has 1 atom stereocenters. The highest BCUT2D eigenvalue weighted by Gasteiger charge is 2.27. The third-order valence-corrected chi connectivity index (χ3v) is 4.67. The van der Waals surface area contributed by atoms with Crippen LogP contribution in [0.5, 0.6) is 5.75 Å². The number of para-hydroxylation sites is 1. The van der Waals surface area contributed by atoms with E-state index in [0.717, 1.165) is 6.42 Å². The Bertz CT molecular complexity index is 788. The van der Waals surface area contributed by atoms with E-state index < -0.39 is 0 Å². The topological polar surface area (TPSA) is 58.6 Å². The lowest BCUT2D eigenvalue weighted by atomic mass is 9.93. The molecule has 0 saturated heterocycles. The summed E-state index contributed by atoms with van der Waals surface area (Å²) in [6, 6.07) is 15.2. The molecule has 2 aromatic rings. The molecule has 0 spiro atoms. The predicted octanol–water partition coefficient (Wildman–Crippen LogP) is 2.57. The van der Waals surface area contributed by atoms with E-state index in [1.165, 1.54) is 18.2 Å². The molecule has 1 aliphatic heterocycles. The fourth-order valence-electron chi connectivity index (χ4n) is 3.30. The number of methoxy groups -OCH3 is 1. The second-order valence-corrected chi connectivity index (χ2v) is 6.09. The number of nitrogens with one attached hydrogen (secondary N) is 1. The van der Waals surface area contributed by atoms with Gasteiger partial charge < -0.3 is 15.0 Å². The molecular formula is C20H22N2O3. The van der Waals surface area contributed by atoms with Crippen LogP contribution < -0.4 is 10.1 Å². The van der Waals surface area contributed by atoms with Crippen molar-refractivity contribution in [3.8, 4) is 5.75 Å². The van der Waals surface area contributed by atoms with E-state index in [1.807, 2.05) is 24.0 Å². The van der Waals surface area contributed by atoms with Gasteiger partial charge in [-0.05, 0) is 36.6 Å². The lowest BCUT2D eigenvalue weighted by molar-refractivity contribution is -0.132. The summed E-state index contributed by atoms with van der Waals surface area (Å²) < 4.78 is 5.19. The molecule has 1 aliphatic rings. The fourth-order valence-corrected chi connectivity index (χ4v) is 3.30. The standard InChI is InChI=1S/C20H22N2O3/c1-14-16-8-4-3-7-15(16)11-12-22(14)19(23)13-21-20(24)17-9-5-6-10-18(17)25-2/h3-10,14H,11-13H2,1-2H3,(H,21,24). The second kappa shape index (κ2) is 7.38. The summed E-state index contributed by atoms with van der Waals surface area (Å²) in [6.07, 6.45) is 0.840. The van der Waals surface area contributed by atoms with Crippen LogP contribution in [-0.4, -0.2) is 36.9 Å². The molecule has 0 saturated carbocycles. The molecule has 5 nitrogen and oxygen atoms in total. The van der Waals surface area contributed by atoms with Crippen molar-refractivity contribution in [1.29, 1.82) is 0 Å². The quantitative estimate of drug-likeness (QED) is 0.932. The monoisotopic (exact) mass is 338 g/mol. The Balaban J connectivity index is 1.64. The largest absolute Gasteiger partial charge is 0.496 e. The molecule has 2 amide bonds. The number of fused-ring (bicyclic) bond motifs is 1. The van der Waals surface area contributed by atoms with E-state index in [1.54, 1.807) is 24.3 Å². The first kappa shape index (κ1) is 17.0. The second-order valence-electron chi connectivity index (χ2n) is 6.09. The SMILES string of the molecule is COc1ccccc1C(=O)NCC(=O)N1CCc2ccccc2C1C. The zero-order valence-corrected chi connectivity index (χ0v) is 14.5. The lowest BCUT2D eigenvalue weighted by Crippen LogP contribution is -2.44. The number of hydrogen-bond donors (Lipinski definition) is 1. The Labute approximate surface area is 147 Å². The van der Waals surface area contributed by atoms with Gasteiger partial charge in [0.05, 0.1) is 25.3 Å². The van der Waals surface area contributed by atoms with Crippen molar-refractivity contribution >= 4 is 11.8 Å². The van der Waals surface area contributed by atoms with Crippen LogP contribution in [0, 0.1) is 0 Å². The summed E-state index contributed by atoms with van der Waals surface area (Å²) in [5.41, 5.74) is 2.89.